The summed E-state index contributed by atoms with van der Waals surface area (Å²) in [6, 6.07) is -0.654. The van der Waals surface area contributed by atoms with Crippen molar-refractivity contribution in [3.05, 3.63) is 0 Å². The minimum absolute atomic E-state index is 0.425. The van der Waals surface area contributed by atoms with Gasteiger partial charge in [-0.25, -0.2) is 0 Å². The zero-order valence-electron chi connectivity index (χ0n) is 13.9. The van der Waals surface area contributed by atoms with Crippen molar-refractivity contribution in [3.63, 3.8) is 0 Å². The highest BCUT2D eigenvalue weighted by atomic mass is 16.6. The summed E-state index contributed by atoms with van der Waals surface area (Å²) in [5.74, 6) is 0. The zero-order valence-corrected chi connectivity index (χ0v) is 13.9. The van der Waals surface area contributed by atoms with Crippen molar-refractivity contribution < 1.29 is 25.2 Å². The van der Waals surface area contributed by atoms with Gasteiger partial charge in [0.15, 0.2) is 6.29 Å². The first-order valence-electron chi connectivity index (χ1n) is 8.61. The van der Waals surface area contributed by atoms with Gasteiger partial charge in [0, 0.05) is 0 Å². The van der Waals surface area contributed by atoms with E-state index in [0.29, 0.717) is 6.54 Å². The summed E-state index contributed by atoms with van der Waals surface area (Å²) < 4.78 is 5.23. The Morgan fingerprint density at radius 3 is 2.14 bits per heavy atom. The van der Waals surface area contributed by atoms with Crippen LogP contribution in [0, 0.1) is 0 Å². The van der Waals surface area contributed by atoms with Crippen LogP contribution in [0.4, 0.5) is 0 Å². The van der Waals surface area contributed by atoms with Crippen molar-refractivity contribution in [2.24, 2.45) is 0 Å². The summed E-state index contributed by atoms with van der Waals surface area (Å²) in [4.78, 5) is 1.95. The number of ether oxygens (including phenoxy) is 1. The molecule has 1 fully saturated rings. The summed E-state index contributed by atoms with van der Waals surface area (Å²) >= 11 is 0. The third-order valence-electron chi connectivity index (χ3n) is 4.49. The summed E-state index contributed by atoms with van der Waals surface area (Å²) in [5, 5.41) is 39.4. The van der Waals surface area contributed by atoms with E-state index < -0.39 is 37.3 Å². The molecule has 6 heteroatoms. The Bertz CT molecular complexity index is 292. The third kappa shape index (κ3) is 5.44. The van der Waals surface area contributed by atoms with Crippen molar-refractivity contribution >= 4 is 0 Å². The molecule has 22 heavy (non-hydrogen) atoms. The Morgan fingerprint density at radius 1 is 0.909 bits per heavy atom. The second-order valence-corrected chi connectivity index (χ2v) is 6.12. The molecule has 0 amide bonds. The molecular weight excluding hydrogens is 286 g/mol. The summed E-state index contributed by atoms with van der Waals surface area (Å²) in [5.41, 5.74) is 0. The lowest BCUT2D eigenvalue weighted by Gasteiger charge is -2.45. The number of unbranched alkanes of at least 4 members (excludes halogenated alkanes) is 5. The van der Waals surface area contributed by atoms with Crippen LogP contribution in [0.5, 0.6) is 0 Å². The first-order chi connectivity index (χ1) is 10.6. The van der Waals surface area contributed by atoms with Crippen LogP contribution in [0.15, 0.2) is 0 Å². The van der Waals surface area contributed by atoms with Crippen molar-refractivity contribution in [1.82, 2.24) is 4.90 Å². The van der Waals surface area contributed by atoms with E-state index in [4.69, 9.17) is 9.84 Å². The molecule has 132 valence electrons. The molecular formula is C16H33NO5. The van der Waals surface area contributed by atoms with Crippen LogP contribution in [-0.4, -0.2) is 75.7 Å². The number of aliphatic hydroxyl groups is 4. The largest absolute Gasteiger partial charge is 0.394 e. The van der Waals surface area contributed by atoms with E-state index >= 15 is 0 Å². The number of aliphatic hydroxyl groups excluding tert-OH is 4. The van der Waals surface area contributed by atoms with E-state index in [0.717, 1.165) is 19.4 Å². The smallest absolute Gasteiger partial charge is 0.173 e. The fourth-order valence-electron chi connectivity index (χ4n) is 3.09. The molecule has 1 aliphatic rings. The summed E-state index contributed by atoms with van der Waals surface area (Å²) in [7, 11) is 0. The summed E-state index contributed by atoms with van der Waals surface area (Å²) in [6.45, 7) is 5.14. The topological polar surface area (TPSA) is 93.4 Å². The minimum Gasteiger partial charge on any atom is -0.394 e. The van der Waals surface area contributed by atoms with E-state index in [-0.39, 0.29) is 0 Å². The maximum atomic E-state index is 10.2. The number of hydrogen-bond acceptors (Lipinski definition) is 6. The van der Waals surface area contributed by atoms with Crippen LogP contribution in [0.3, 0.4) is 0 Å². The second kappa shape index (κ2) is 10.5. The van der Waals surface area contributed by atoms with Crippen LogP contribution >= 0.6 is 0 Å². The van der Waals surface area contributed by atoms with E-state index in [2.05, 4.69) is 6.92 Å². The second-order valence-electron chi connectivity index (χ2n) is 6.12. The minimum atomic E-state index is -1.20. The van der Waals surface area contributed by atoms with Gasteiger partial charge in [-0.15, -0.1) is 0 Å². The van der Waals surface area contributed by atoms with Crippen molar-refractivity contribution in [2.45, 2.75) is 83.0 Å². The van der Waals surface area contributed by atoms with Crippen molar-refractivity contribution in [1.29, 1.82) is 0 Å². The molecule has 1 heterocycles. The van der Waals surface area contributed by atoms with Crippen LogP contribution in [0.1, 0.15) is 52.4 Å². The molecule has 0 aliphatic carbocycles. The van der Waals surface area contributed by atoms with Gasteiger partial charge in [-0.2, -0.15) is 0 Å². The number of rotatable bonds is 10. The molecule has 1 rings (SSSR count). The molecule has 0 aromatic carbocycles. The van der Waals surface area contributed by atoms with Gasteiger partial charge in [0.05, 0.1) is 12.6 Å². The van der Waals surface area contributed by atoms with E-state index in [1.165, 1.54) is 25.7 Å². The van der Waals surface area contributed by atoms with E-state index in [1.807, 2.05) is 11.8 Å². The quantitative estimate of drug-likeness (QED) is 0.437. The van der Waals surface area contributed by atoms with E-state index in [1.54, 1.807) is 0 Å². The van der Waals surface area contributed by atoms with Crippen LogP contribution < -0.4 is 0 Å². The maximum absolute atomic E-state index is 10.2. The monoisotopic (exact) mass is 319 g/mol. The van der Waals surface area contributed by atoms with Gasteiger partial charge >= 0.3 is 0 Å². The number of hydrogen-bond donors (Lipinski definition) is 4. The van der Waals surface area contributed by atoms with Crippen LogP contribution in [-0.2, 0) is 4.74 Å². The van der Waals surface area contributed by atoms with Crippen LogP contribution in [0.25, 0.3) is 0 Å². The lowest BCUT2D eigenvalue weighted by molar-refractivity contribution is -0.272. The molecule has 0 bridgehead atoms. The molecule has 1 aliphatic heterocycles. The molecule has 6 nitrogen and oxygen atoms in total. The Balaban J connectivity index is 2.47. The Labute approximate surface area is 133 Å². The van der Waals surface area contributed by atoms with E-state index in [9.17, 15) is 15.3 Å². The third-order valence-corrected chi connectivity index (χ3v) is 4.49. The highest BCUT2D eigenvalue weighted by Gasteiger charge is 2.45. The van der Waals surface area contributed by atoms with Gasteiger partial charge in [0.1, 0.15) is 18.3 Å². The lowest BCUT2D eigenvalue weighted by atomic mass is 9.95. The molecule has 0 aromatic rings. The van der Waals surface area contributed by atoms with Gasteiger partial charge in [-0.05, 0) is 19.5 Å². The molecule has 0 aromatic heterocycles. The highest BCUT2D eigenvalue weighted by molar-refractivity contribution is 4.93. The van der Waals surface area contributed by atoms with Crippen molar-refractivity contribution in [2.75, 3.05) is 19.7 Å². The van der Waals surface area contributed by atoms with Crippen molar-refractivity contribution in [3.8, 4) is 0 Å². The normalized spacial score (nSPS) is 32.6. The Hall–Kier alpha value is -0.240. The first-order valence-corrected chi connectivity index (χ1v) is 8.61. The van der Waals surface area contributed by atoms with Crippen LogP contribution in [0.2, 0.25) is 0 Å². The Morgan fingerprint density at radius 2 is 1.55 bits per heavy atom. The molecule has 0 spiro atoms. The predicted molar refractivity (Wildman–Crippen MR) is 84.4 cm³/mol. The molecule has 1 unspecified atom stereocenters. The highest BCUT2D eigenvalue weighted by Crippen LogP contribution is 2.24. The fourth-order valence-corrected chi connectivity index (χ4v) is 3.09. The molecule has 4 N–H and O–H groups in total. The molecule has 0 saturated carbocycles. The van der Waals surface area contributed by atoms with Gasteiger partial charge < -0.3 is 25.2 Å². The zero-order chi connectivity index (χ0) is 16.5. The first kappa shape index (κ1) is 19.8. The van der Waals surface area contributed by atoms with Gasteiger partial charge in [-0.1, -0.05) is 46.0 Å². The number of nitrogens with zero attached hydrogens (tertiary/aromatic N) is 1. The van der Waals surface area contributed by atoms with Gasteiger partial charge in [0.25, 0.3) is 0 Å². The number of likely N-dealkylation sites (N-methyl/N-ethyl adjacent to an activating group) is 1. The predicted octanol–water partition coefficient (Wildman–Crippen LogP) is 0.469. The average molecular weight is 319 g/mol. The van der Waals surface area contributed by atoms with Gasteiger partial charge in [-0.3, -0.25) is 4.90 Å². The molecule has 0 radical (unpaired) electrons. The molecule has 1 saturated heterocycles. The molecule has 5 atom stereocenters. The average Bonchev–Trinajstić information content (AvgIpc) is 2.52. The maximum Gasteiger partial charge on any atom is 0.173 e. The standard InChI is InChI=1S/C16H33NO5/c1-3-5-6-7-8-9-10-17(4-2)13-15(20)14(19)12(11-18)22-16(13)21/h12-16,18-21H,3-11H2,1-2H3/t12-,13-,14-,15-,16?/m1/s1. The Kier molecular flexibility index (Phi) is 9.47. The fraction of sp³-hybridized carbons (Fsp3) is 1.00. The van der Waals surface area contributed by atoms with Gasteiger partial charge in [0.2, 0.25) is 0 Å². The lowest BCUT2D eigenvalue weighted by Crippen LogP contribution is -2.64. The summed E-state index contributed by atoms with van der Waals surface area (Å²) in [6.07, 6.45) is 2.61. The SMILES string of the molecule is CCCCCCCCN(CC)[C@H]1C(O)O[C@H](CO)[C@@H](O)[C@@H]1O.